The first-order valence-electron chi connectivity index (χ1n) is 13.4. The lowest BCUT2D eigenvalue weighted by atomic mass is 9.68. The van der Waals surface area contributed by atoms with Crippen molar-refractivity contribution in [1.82, 2.24) is 0 Å². The van der Waals surface area contributed by atoms with E-state index in [1.807, 2.05) is 24.3 Å². The van der Waals surface area contributed by atoms with Gasteiger partial charge >= 0.3 is 0 Å². The van der Waals surface area contributed by atoms with Crippen molar-refractivity contribution in [2.75, 3.05) is 27.5 Å². The molecule has 1 saturated carbocycles. The Morgan fingerprint density at radius 3 is 1.74 bits per heavy atom. The summed E-state index contributed by atoms with van der Waals surface area (Å²) in [6.07, 6.45) is 5.14. The largest absolute Gasteiger partial charge is 0.497 e. The van der Waals surface area contributed by atoms with Crippen LogP contribution in [-0.2, 0) is 14.9 Å². The van der Waals surface area contributed by atoms with Crippen LogP contribution in [0.2, 0.25) is 0 Å². The Hall–Kier alpha value is -2.52. The van der Waals surface area contributed by atoms with Gasteiger partial charge in [0, 0.05) is 0 Å². The van der Waals surface area contributed by atoms with Crippen LogP contribution in [0.1, 0.15) is 50.8 Å². The Morgan fingerprint density at radius 1 is 0.816 bits per heavy atom. The first kappa shape index (κ1) is 28.5. The second-order valence-corrected chi connectivity index (χ2v) is 13.2. The summed E-state index contributed by atoms with van der Waals surface area (Å²) >= 11 is 0. The normalized spacial score (nSPS) is 23.7. The molecule has 5 heteroatoms. The fourth-order valence-corrected chi connectivity index (χ4v) is 6.71. The Morgan fingerprint density at radius 2 is 1.29 bits per heavy atom. The van der Waals surface area contributed by atoms with Crippen LogP contribution in [0.25, 0.3) is 0 Å². The first-order chi connectivity index (χ1) is 18.1. The molecule has 0 aromatic heterocycles. The molecule has 0 spiro atoms. The molecule has 204 valence electrons. The van der Waals surface area contributed by atoms with Gasteiger partial charge in [-0.3, -0.25) is 0 Å². The molecule has 0 saturated heterocycles. The maximum atomic E-state index is 7.59. The molecule has 0 heterocycles. The van der Waals surface area contributed by atoms with Crippen molar-refractivity contribution in [2.24, 2.45) is 16.7 Å². The highest BCUT2D eigenvalue weighted by Crippen LogP contribution is 2.59. The smallest absolute Gasteiger partial charge is 0.144 e. The van der Waals surface area contributed by atoms with E-state index in [-0.39, 0.29) is 16.9 Å². The third-order valence-corrected chi connectivity index (χ3v) is 9.31. The van der Waals surface area contributed by atoms with Crippen molar-refractivity contribution in [1.29, 1.82) is 0 Å². The third kappa shape index (κ3) is 5.19. The van der Waals surface area contributed by atoms with Gasteiger partial charge in [-0.05, 0) is 78.6 Å². The Balaban J connectivity index is 1.92. The second kappa shape index (κ2) is 11.3. The van der Waals surface area contributed by atoms with Crippen LogP contribution in [0.3, 0.4) is 0 Å². The van der Waals surface area contributed by atoms with E-state index < -0.39 is 13.4 Å². The third-order valence-electron chi connectivity index (χ3n) is 8.67. The molecule has 0 bridgehead atoms. The lowest BCUT2D eigenvalue weighted by Crippen LogP contribution is -2.46. The van der Waals surface area contributed by atoms with Crippen molar-refractivity contribution in [3.8, 4) is 11.5 Å². The van der Waals surface area contributed by atoms with Crippen LogP contribution < -0.4 is 9.47 Å². The highest BCUT2D eigenvalue weighted by Gasteiger charge is 2.58. The molecule has 4 rings (SSSR count). The zero-order valence-corrected chi connectivity index (χ0v) is 24.9. The Labute approximate surface area is 229 Å². The summed E-state index contributed by atoms with van der Waals surface area (Å²) in [6.45, 7) is 12.1. The maximum Gasteiger partial charge on any atom is 0.144 e. The van der Waals surface area contributed by atoms with Crippen LogP contribution >= 0.6 is 7.77 Å². The molecule has 1 aliphatic rings. The molecule has 1 aliphatic carbocycles. The van der Waals surface area contributed by atoms with E-state index in [0.29, 0.717) is 12.5 Å². The summed E-state index contributed by atoms with van der Waals surface area (Å²) < 4.78 is 24.8. The lowest BCUT2D eigenvalue weighted by Gasteiger charge is -2.46. The average Bonchev–Trinajstić information content (AvgIpc) is 3.09. The number of rotatable bonds is 10. The van der Waals surface area contributed by atoms with E-state index in [9.17, 15) is 0 Å². The van der Waals surface area contributed by atoms with Crippen LogP contribution in [-0.4, -0.2) is 39.9 Å². The topological polar surface area (TPSA) is 36.9 Å². The van der Waals surface area contributed by atoms with Gasteiger partial charge in [-0.1, -0.05) is 88.6 Å². The number of methoxy groups -OCH3 is 2. The fourth-order valence-electron chi connectivity index (χ4n) is 6.15. The minimum Gasteiger partial charge on any atom is -0.497 e. The van der Waals surface area contributed by atoms with Gasteiger partial charge in [0.1, 0.15) is 17.1 Å². The zero-order chi connectivity index (χ0) is 27.6. The zero-order valence-electron chi connectivity index (χ0n) is 23.9. The van der Waals surface area contributed by atoms with E-state index in [0.717, 1.165) is 34.6 Å². The minimum atomic E-state index is -1.03. The van der Waals surface area contributed by atoms with E-state index in [1.165, 1.54) is 0 Å². The molecule has 1 fully saturated rings. The molecule has 0 amide bonds. The number of hydrogen-bond acceptors (Lipinski definition) is 4. The maximum absolute atomic E-state index is 7.59. The Kier molecular flexibility index (Phi) is 8.47. The molecule has 2 unspecified atom stereocenters. The molecule has 4 atom stereocenters. The van der Waals surface area contributed by atoms with Gasteiger partial charge in [0.2, 0.25) is 0 Å². The minimum absolute atomic E-state index is 0.0298. The van der Waals surface area contributed by atoms with Gasteiger partial charge in [-0.15, -0.1) is 0 Å². The second-order valence-electron chi connectivity index (χ2n) is 11.5. The molecule has 0 N–H and O–H groups in total. The first-order valence-corrected chi connectivity index (χ1v) is 15.5. The number of ether oxygens (including phenoxy) is 3. The highest BCUT2D eigenvalue weighted by atomic mass is 31.1. The van der Waals surface area contributed by atoms with Gasteiger partial charge in [0.25, 0.3) is 0 Å². The quantitative estimate of drug-likeness (QED) is 0.198. The van der Waals surface area contributed by atoms with Gasteiger partial charge < -0.3 is 18.7 Å². The molecule has 3 aromatic carbocycles. The molecular weight excluding hydrogens is 491 g/mol. The Bertz CT molecular complexity index is 1170. The molecule has 3 aromatic rings. The SMILES string of the molecule is C=[PH](C)OCC1(C)C[C@@H](C)[C@@H](OC(c2ccccc2)(c2ccc(OC)cc2)c2ccc(OC)cc2)C1(C)C. The van der Waals surface area contributed by atoms with Gasteiger partial charge in [-0.25, -0.2) is 0 Å². The van der Waals surface area contributed by atoms with Gasteiger partial charge in [0.15, 0.2) is 0 Å². The molecule has 0 aliphatic heterocycles. The lowest BCUT2D eigenvalue weighted by molar-refractivity contribution is -0.122. The predicted octanol–water partition coefficient (Wildman–Crippen LogP) is 7.66. The summed E-state index contributed by atoms with van der Waals surface area (Å²) in [7, 11) is 2.35. The number of hydrogen-bond donors (Lipinski definition) is 0. The molecule has 0 radical (unpaired) electrons. The van der Waals surface area contributed by atoms with E-state index >= 15 is 0 Å². The van der Waals surface area contributed by atoms with Crippen LogP contribution in [0, 0.1) is 16.7 Å². The van der Waals surface area contributed by atoms with Crippen molar-refractivity contribution >= 4 is 14.1 Å². The van der Waals surface area contributed by atoms with Crippen molar-refractivity contribution in [3.05, 3.63) is 95.6 Å². The van der Waals surface area contributed by atoms with Gasteiger partial charge in [-0.2, -0.15) is 0 Å². The summed E-state index contributed by atoms with van der Waals surface area (Å²) in [4.78, 5) is 0. The summed E-state index contributed by atoms with van der Waals surface area (Å²) in [5.41, 5.74) is 2.17. The van der Waals surface area contributed by atoms with Crippen molar-refractivity contribution in [2.45, 2.75) is 45.8 Å². The standard InChI is InChI=1S/C33H43O4P/c1-24-22-32(4,23-36-38(7)8)31(2,3)30(24)37-33(25-12-10-9-11-13-25,26-14-18-28(34-5)19-15-26)27-16-20-29(35-6)21-17-27/h9-21,24,30,38H,7,22-23H2,1-6,8H3/t24-,30-,32?/m1/s1. The van der Waals surface area contributed by atoms with E-state index in [2.05, 4.69) is 95.3 Å². The van der Waals surface area contributed by atoms with E-state index in [1.54, 1.807) is 14.2 Å². The monoisotopic (exact) mass is 534 g/mol. The summed E-state index contributed by atoms with van der Waals surface area (Å²) in [6, 6.07) is 27.1. The number of benzene rings is 3. The summed E-state index contributed by atoms with van der Waals surface area (Å²) in [5, 5.41) is 0. The molecule has 38 heavy (non-hydrogen) atoms. The predicted molar refractivity (Wildman–Crippen MR) is 160 cm³/mol. The van der Waals surface area contributed by atoms with Crippen LogP contribution in [0.15, 0.2) is 78.9 Å². The molecular formula is C33H43O4P. The summed E-state index contributed by atoms with van der Waals surface area (Å²) in [5.74, 6) is 1.96. The van der Waals surface area contributed by atoms with Crippen molar-refractivity contribution in [3.63, 3.8) is 0 Å². The van der Waals surface area contributed by atoms with Crippen LogP contribution in [0.5, 0.6) is 11.5 Å². The highest BCUT2D eigenvalue weighted by molar-refractivity contribution is 7.49. The van der Waals surface area contributed by atoms with Gasteiger partial charge in [0.05, 0.1) is 26.9 Å². The van der Waals surface area contributed by atoms with Crippen molar-refractivity contribution < 1.29 is 18.7 Å². The van der Waals surface area contributed by atoms with E-state index in [4.69, 9.17) is 18.7 Å². The molecule has 4 nitrogen and oxygen atoms in total. The average molecular weight is 535 g/mol. The van der Waals surface area contributed by atoms with Crippen LogP contribution in [0.4, 0.5) is 0 Å². The fraction of sp³-hybridized carbons (Fsp3) is 0.424.